The minimum absolute atomic E-state index is 0.194. The van der Waals surface area contributed by atoms with E-state index in [1.807, 2.05) is 62.5 Å². The van der Waals surface area contributed by atoms with Gasteiger partial charge in [-0.1, -0.05) is 30.3 Å². The lowest BCUT2D eigenvalue weighted by molar-refractivity contribution is -0.122. The molecule has 3 heterocycles. The Bertz CT molecular complexity index is 1100. The van der Waals surface area contributed by atoms with E-state index in [0.29, 0.717) is 11.4 Å². The maximum Gasteiger partial charge on any atom is 0.293 e. The quantitative estimate of drug-likeness (QED) is 0.520. The third-order valence-electron chi connectivity index (χ3n) is 5.22. The third-order valence-corrected chi connectivity index (χ3v) is 6.13. The van der Waals surface area contributed by atoms with Crippen LogP contribution in [0.1, 0.15) is 28.9 Å². The summed E-state index contributed by atoms with van der Waals surface area (Å²) < 4.78 is 2.10. The van der Waals surface area contributed by atoms with Gasteiger partial charge in [-0.2, -0.15) is 0 Å². The number of imide groups is 1. The highest BCUT2D eigenvalue weighted by molar-refractivity contribution is 8.18. The van der Waals surface area contributed by atoms with E-state index in [9.17, 15) is 9.59 Å². The molecule has 0 radical (unpaired) electrons. The molecule has 0 saturated carbocycles. The zero-order chi connectivity index (χ0) is 21.1. The molecule has 1 aliphatic heterocycles. The van der Waals surface area contributed by atoms with Crippen LogP contribution >= 0.6 is 11.8 Å². The number of carbonyl (C=O) groups excluding carboxylic acids is 2. The van der Waals surface area contributed by atoms with Crippen LogP contribution in [0.15, 0.2) is 65.8 Å². The SMILES string of the molecule is Cc1cc(/C=C2/SC(=O)N(CCCc3ccccc3)C2=O)c(C)n1-c1cccnc1. The fourth-order valence-electron chi connectivity index (χ4n) is 3.74. The number of amides is 2. The molecule has 1 saturated heterocycles. The summed E-state index contributed by atoms with van der Waals surface area (Å²) in [5.41, 5.74) is 5.18. The van der Waals surface area contributed by atoms with Gasteiger partial charge in [0.15, 0.2) is 0 Å². The van der Waals surface area contributed by atoms with Gasteiger partial charge in [0.1, 0.15) is 0 Å². The smallest absolute Gasteiger partial charge is 0.293 e. The van der Waals surface area contributed by atoms with E-state index in [2.05, 4.69) is 21.7 Å². The summed E-state index contributed by atoms with van der Waals surface area (Å²) in [6.07, 6.45) is 6.98. The van der Waals surface area contributed by atoms with E-state index in [-0.39, 0.29) is 11.1 Å². The lowest BCUT2D eigenvalue weighted by atomic mass is 10.1. The predicted molar refractivity (Wildman–Crippen MR) is 120 cm³/mol. The minimum Gasteiger partial charge on any atom is -0.316 e. The Labute approximate surface area is 180 Å². The first-order valence-electron chi connectivity index (χ1n) is 9.93. The van der Waals surface area contributed by atoms with Gasteiger partial charge in [-0.3, -0.25) is 19.5 Å². The van der Waals surface area contributed by atoms with Crippen LogP contribution in [-0.2, 0) is 11.2 Å². The Kier molecular flexibility index (Phi) is 5.86. The number of hydrogen-bond donors (Lipinski definition) is 0. The monoisotopic (exact) mass is 417 g/mol. The summed E-state index contributed by atoms with van der Waals surface area (Å²) in [6.45, 7) is 4.47. The number of thioether (sulfide) groups is 1. The van der Waals surface area contributed by atoms with Gasteiger partial charge in [0.05, 0.1) is 16.8 Å². The molecule has 1 aliphatic rings. The first-order chi connectivity index (χ1) is 14.5. The molecule has 0 N–H and O–H groups in total. The highest BCUT2D eigenvalue weighted by atomic mass is 32.2. The van der Waals surface area contributed by atoms with Gasteiger partial charge in [0.25, 0.3) is 11.1 Å². The third kappa shape index (κ3) is 4.09. The van der Waals surface area contributed by atoms with Crippen LogP contribution in [0.5, 0.6) is 0 Å². The zero-order valence-corrected chi connectivity index (χ0v) is 17.9. The van der Waals surface area contributed by atoms with Crippen LogP contribution < -0.4 is 0 Å². The lowest BCUT2D eigenvalue weighted by Gasteiger charge is -2.12. The largest absolute Gasteiger partial charge is 0.316 e. The Hall–Kier alpha value is -3.12. The molecular weight excluding hydrogens is 394 g/mol. The first kappa shape index (κ1) is 20.2. The van der Waals surface area contributed by atoms with Crippen molar-refractivity contribution in [3.8, 4) is 5.69 Å². The summed E-state index contributed by atoms with van der Waals surface area (Å²) in [7, 11) is 0. The number of carbonyl (C=O) groups is 2. The maximum absolute atomic E-state index is 12.8. The van der Waals surface area contributed by atoms with Gasteiger partial charge < -0.3 is 4.57 Å². The van der Waals surface area contributed by atoms with Crippen molar-refractivity contribution >= 4 is 29.0 Å². The average Bonchev–Trinajstić information content (AvgIpc) is 3.18. The molecule has 4 rings (SSSR count). The molecule has 152 valence electrons. The fraction of sp³-hybridized carbons (Fsp3) is 0.208. The zero-order valence-electron chi connectivity index (χ0n) is 17.0. The highest BCUT2D eigenvalue weighted by Crippen LogP contribution is 2.34. The van der Waals surface area contributed by atoms with E-state index in [1.54, 1.807) is 6.20 Å². The van der Waals surface area contributed by atoms with Crippen molar-refractivity contribution in [2.24, 2.45) is 0 Å². The van der Waals surface area contributed by atoms with E-state index in [0.717, 1.165) is 47.2 Å². The van der Waals surface area contributed by atoms with Crippen molar-refractivity contribution in [2.75, 3.05) is 6.54 Å². The number of pyridine rings is 1. The van der Waals surface area contributed by atoms with Gasteiger partial charge >= 0.3 is 0 Å². The highest BCUT2D eigenvalue weighted by Gasteiger charge is 2.34. The number of aryl methyl sites for hydroxylation is 2. The van der Waals surface area contributed by atoms with E-state index < -0.39 is 0 Å². The number of rotatable bonds is 6. The molecule has 0 bridgehead atoms. The van der Waals surface area contributed by atoms with Crippen molar-refractivity contribution in [1.29, 1.82) is 0 Å². The average molecular weight is 418 g/mol. The molecule has 0 unspecified atom stereocenters. The van der Waals surface area contributed by atoms with Crippen molar-refractivity contribution in [3.05, 3.63) is 88.3 Å². The van der Waals surface area contributed by atoms with Crippen LogP contribution in [0.3, 0.4) is 0 Å². The number of nitrogens with zero attached hydrogens (tertiary/aromatic N) is 3. The molecule has 0 spiro atoms. The Morgan fingerprint density at radius 3 is 2.60 bits per heavy atom. The first-order valence-corrected chi connectivity index (χ1v) is 10.7. The normalized spacial score (nSPS) is 15.4. The van der Waals surface area contributed by atoms with Gasteiger partial charge in [0, 0.05) is 24.1 Å². The summed E-state index contributed by atoms with van der Waals surface area (Å²) in [5.74, 6) is -0.204. The molecule has 1 fully saturated rings. The van der Waals surface area contributed by atoms with E-state index in [4.69, 9.17) is 0 Å². The molecule has 0 aliphatic carbocycles. The van der Waals surface area contributed by atoms with Crippen LogP contribution in [0.25, 0.3) is 11.8 Å². The number of aromatic nitrogens is 2. The molecule has 5 nitrogen and oxygen atoms in total. The van der Waals surface area contributed by atoms with Gasteiger partial charge in [-0.15, -0.1) is 0 Å². The molecular formula is C24H23N3O2S. The van der Waals surface area contributed by atoms with Crippen LogP contribution in [-0.4, -0.2) is 32.1 Å². The molecule has 1 aromatic carbocycles. The summed E-state index contributed by atoms with van der Waals surface area (Å²) >= 11 is 1.02. The van der Waals surface area contributed by atoms with Crippen molar-refractivity contribution in [3.63, 3.8) is 0 Å². The molecule has 3 aromatic rings. The van der Waals surface area contributed by atoms with E-state index >= 15 is 0 Å². The van der Waals surface area contributed by atoms with Crippen LogP contribution in [0, 0.1) is 13.8 Å². The van der Waals surface area contributed by atoms with Crippen LogP contribution in [0.4, 0.5) is 4.79 Å². The van der Waals surface area contributed by atoms with Gasteiger partial charge in [-0.05, 0) is 73.9 Å². The number of hydrogen-bond acceptors (Lipinski definition) is 4. The molecule has 2 aromatic heterocycles. The summed E-state index contributed by atoms with van der Waals surface area (Å²) in [4.78, 5) is 31.3. The fourth-order valence-corrected chi connectivity index (χ4v) is 4.59. The van der Waals surface area contributed by atoms with Crippen molar-refractivity contribution in [1.82, 2.24) is 14.5 Å². The van der Waals surface area contributed by atoms with Gasteiger partial charge in [0.2, 0.25) is 0 Å². The van der Waals surface area contributed by atoms with Crippen LogP contribution in [0.2, 0.25) is 0 Å². The second-order valence-corrected chi connectivity index (χ2v) is 8.29. The Morgan fingerprint density at radius 1 is 1.07 bits per heavy atom. The standard InChI is InChI=1S/C24H23N3O2S/c1-17-14-20(18(2)27(17)21-11-6-12-25-16-21)15-22-23(28)26(24(29)30-22)13-7-10-19-8-4-3-5-9-19/h3-6,8-9,11-12,14-16H,7,10,13H2,1-2H3/b22-15+. The molecule has 6 heteroatoms. The molecule has 30 heavy (non-hydrogen) atoms. The van der Waals surface area contributed by atoms with E-state index in [1.165, 1.54) is 10.5 Å². The number of benzene rings is 1. The topological polar surface area (TPSA) is 55.2 Å². The van der Waals surface area contributed by atoms with Crippen molar-refractivity contribution in [2.45, 2.75) is 26.7 Å². The Morgan fingerprint density at radius 2 is 1.87 bits per heavy atom. The lowest BCUT2D eigenvalue weighted by Crippen LogP contribution is -2.29. The minimum atomic E-state index is -0.204. The van der Waals surface area contributed by atoms with Gasteiger partial charge in [-0.25, -0.2) is 0 Å². The van der Waals surface area contributed by atoms with Crippen molar-refractivity contribution < 1.29 is 9.59 Å². The predicted octanol–water partition coefficient (Wildman–Crippen LogP) is 5.16. The second kappa shape index (κ2) is 8.71. The summed E-state index contributed by atoms with van der Waals surface area (Å²) in [5, 5.41) is -0.194. The second-order valence-electron chi connectivity index (χ2n) is 7.30. The molecule has 0 atom stereocenters. The molecule has 2 amide bonds. The maximum atomic E-state index is 12.8. The summed E-state index contributed by atoms with van der Waals surface area (Å²) in [6, 6.07) is 16.0. The Balaban J connectivity index is 1.50.